The van der Waals surface area contributed by atoms with E-state index in [2.05, 4.69) is 10.6 Å². The molecule has 0 bridgehead atoms. The highest BCUT2D eigenvalue weighted by molar-refractivity contribution is 7.99. The number of ether oxygens (including phenoxy) is 1. The molecular formula is C24H27N5O5S. The number of unbranched alkanes of at least 4 members (excludes halogenated alkanes) is 1. The summed E-state index contributed by atoms with van der Waals surface area (Å²) in [5.74, 6) is 1.33. The Morgan fingerprint density at radius 2 is 2.03 bits per heavy atom. The summed E-state index contributed by atoms with van der Waals surface area (Å²) < 4.78 is 5.29. The monoisotopic (exact) mass is 497 g/mol. The van der Waals surface area contributed by atoms with E-state index in [4.69, 9.17) is 10.00 Å². The second kappa shape index (κ2) is 13.2. The zero-order valence-electron chi connectivity index (χ0n) is 19.1. The molecule has 0 aromatic heterocycles. The van der Waals surface area contributed by atoms with E-state index >= 15 is 0 Å². The first-order chi connectivity index (χ1) is 17.0. The largest absolute Gasteiger partial charge is 0.445 e. The second-order valence-corrected chi connectivity index (χ2v) is 9.00. The van der Waals surface area contributed by atoms with Gasteiger partial charge < -0.3 is 20.3 Å². The Labute approximate surface area is 207 Å². The van der Waals surface area contributed by atoms with Crippen LogP contribution in [0.3, 0.4) is 0 Å². The minimum Gasteiger partial charge on any atom is -0.445 e. The molecule has 0 unspecified atom stereocenters. The number of nitro groups is 1. The third-order valence-electron chi connectivity index (χ3n) is 5.43. The highest BCUT2D eigenvalue weighted by Gasteiger charge is 2.28. The number of nitrogens with one attached hydrogen (secondary N) is 2. The number of carbonyl (C=O) groups excluding carboxylic acids is 2. The van der Waals surface area contributed by atoms with Gasteiger partial charge >= 0.3 is 6.09 Å². The highest BCUT2D eigenvalue weighted by Crippen LogP contribution is 2.25. The Hall–Kier alpha value is -3.78. The normalized spacial score (nSPS) is 13.5. The van der Waals surface area contributed by atoms with E-state index in [1.165, 1.54) is 18.2 Å². The summed E-state index contributed by atoms with van der Waals surface area (Å²) in [7, 11) is 0. The molecule has 3 rings (SSSR count). The van der Waals surface area contributed by atoms with Gasteiger partial charge in [-0.05, 0) is 37.0 Å². The van der Waals surface area contributed by atoms with Gasteiger partial charge in [-0.3, -0.25) is 14.9 Å². The molecule has 1 fully saturated rings. The molecular weight excluding hydrogens is 470 g/mol. The lowest BCUT2D eigenvalue weighted by atomic mass is 10.1. The maximum absolute atomic E-state index is 12.9. The molecule has 1 aliphatic rings. The van der Waals surface area contributed by atoms with Gasteiger partial charge in [0.2, 0.25) is 5.91 Å². The molecule has 2 amide bonds. The molecule has 0 spiro atoms. The van der Waals surface area contributed by atoms with E-state index < -0.39 is 17.1 Å². The lowest BCUT2D eigenvalue weighted by Gasteiger charge is -2.23. The lowest BCUT2D eigenvalue weighted by molar-refractivity contribution is -0.384. The molecule has 1 heterocycles. The molecule has 2 aromatic rings. The van der Waals surface area contributed by atoms with Crippen LogP contribution < -0.4 is 10.6 Å². The zero-order valence-corrected chi connectivity index (χ0v) is 20.0. The van der Waals surface area contributed by atoms with Gasteiger partial charge in [0.15, 0.2) is 0 Å². The highest BCUT2D eigenvalue weighted by atomic mass is 32.2. The summed E-state index contributed by atoms with van der Waals surface area (Å²) in [5.41, 5.74) is 1.24. The van der Waals surface area contributed by atoms with Crippen LogP contribution in [-0.4, -0.2) is 52.6 Å². The zero-order chi connectivity index (χ0) is 25.0. The Kier molecular flexibility index (Phi) is 9.74. The summed E-state index contributed by atoms with van der Waals surface area (Å²) in [6.45, 7) is 1.19. The van der Waals surface area contributed by atoms with Crippen LogP contribution in [0.1, 0.15) is 30.4 Å². The van der Waals surface area contributed by atoms with Crippen molar-refractivity contribution in [2.75, 3.05) is 30.0 Å². The number of nitriles is 1. The van der Waals surface area contributed by atoms with Crippen molar-refractivity contribution in [2.45, 2.75) is 31.9 Å². The molecule has 11 heteroatoms. The third-order valence-corrected chi connectivity index (χ3v) is 6.39. The van der Waals surface area contributed by atoms with E-state index in [1.54, 1.807) is 16.7 Å². The number of nitrogens with zero attached hydrogens (tertiary/aromatic N) is 3. The van der Waals surface area contributed by atoms with Crippen LogP contribution in [0.15, 0.2) is 48.5 Å². The number of benzene rings is 2. The van der Waals surface area contributed by atoms with E-state index in [0.29, 0.717) is 43.9 Å². The van der Waals surface area contributed by atoms with Crippen molar-refractivity contribution in [2.24, 2.45) is 0 Å². The predicted octanol–water partition coefficient (Wildman–Crippen LogP) is 3.88. The van der Waals surface area contributed by atoms with Crippen LogP contribution in [0.2, 0.25) is 0 Å². The smallest absolute Gasteiger partial charge is 0.408 e. The third kappa shape index (κ3) is 7.89. The minimum atomic E-state index is -0.707. The number of hydrogen-bond donors (Lipinski definition) is 2. The fourth-order valence-electron chi connectivity index (χ4n) is 3.57. The van der Waals surface area contributed by atoms with E-state index in [-0.39, 0.29) is 23.8 Å². The first kappa shape index (κ1) is 25.8. The Morgan fingerprint density at radius 1 is 1.23 bits per heavy atom. The first-order valence-corrected chi connectivity index (χ1v) is 12.4. The summed E-state index contributed by atoms with van der Waals surface area (Å²) in [6, 6.07) is 14.7. The molecule has 1 atom stereocenters. The summed E-state index contributed by atoms with van der Waals surface area (Å²) in [4.78, 5) is 37.8. The van der Waals surface area contributed by atoms with Crippen LogP contribution in [0, 0.1) is 21.4 Å². The van der Waals surface area contributed by atoms with Crippen LogP contribution in [0.25, 0.3) is 0 Å². The number of thioether (sulfide) groups is 1. The van der Waals surface area contributed by atoms with Gasteiger partial charge in [-0.15, -0.1) is 11.8 Å². The molecule has 35 heavy (non-hydrogen) atoms. The second-order valence-electron chi connectivity index (χ2n) is 7.92. The standard InChI is InChI=1S/C24H27N5O5S/c25-15-19-9-10-20(22(14-19)29(32)33)26-11-5-4-8-21(23(30)28-12-13-35-17-28)27-24(31)34-16-18-6-2-1-3-7-18/h1-3,6-7,9-10,14,21,26H,4-5,8,11-13,16-17H2,(H,27,31)/t21-/m0/s1. The molecule has 0 saturated carbocycles. The molecule has 10 nitrogen and oxygen atoms in total. The van der Waals surface area contributed by atoms with Gasteiger partial charge in [-0.2, -0.15) is 5.26 Å². The van der Waals surface area contributed by atoms with E-state index in [9.17, 15) is 19.7 Å². The fourth-order valence-corrected chi connectivity index (χ4v) is 4.53. The molecule has 0 aliphatic carbocycles. The topological polar surface area (TPSA) is 138 Å². The SMILES string of the molecule is N#Cc1ccc(NCCCC[C@H](NC(=O)OCc2ccccc2)C(=O)N2CCSC2)c([N+](=O)[O-])c1. The average molecular weight is 498 g/mol. The van der Waals surface area contributed by atoms with Gasteiger partial charge in [-0.25, -0.2) is 4.79 Å². The number of hydrogen-bond acceptors (Lipinski definition) is 8. The number of anilines is 1. The summed E-state index contributed by atoms with van der Waals surface area (Å²) in [6.07, 6.45) is 0.993. The molecule has 1 aliphatic heterocycles. The predicted molar refractivity (Wildman–Crippen MR) is 133 cm³/mol. The summed E-state index contributed by atoms with van der Waals surface area (Å²) in [5, 5.41) is 26.0. The first-order valence-electron chi connectivity index (χ1n) is 11.2. The molecule has 0 radical (unpaired) electrons. The minimum absolute atomic E-state index is 0.112. The van der Waals surface area contributed by atoms with Crippen LogP contribution in [0.5, 0.6) is 0 Å². The van der Waals surface area contributed by atoms with Crippen LogP contribution in [0.4, 0.5) is 16.2 Å². The Morgan fingerprint density at radius 3 is 2.71 bits per heavy atom. The summed E-state index contributed by atoms with van der Waals surface area (Å²) >= 11 is 1.67. The molecule has 184 valence electrons. The van der Waals surface area contributed by atoms with Crippen molar-refractivity contribution < 1.29 is 19.2 Å². The van der Waals surface area contributed by atoms with Gasteiger partial charge in [0.05, 0.1) is 22.4 Å². The van der Waals surface area contributed by atoms with Gasteiger partial charge in [0.25, 0.3) is 5.69 Å². The van der Waals surface area contributed by atoms with Crippen molar-refractivity contribution >= 4 is 35.1 Å². The van der Waals surface area contributed by atoms with Gasteiger partial charge in [0.1, 0.15) is 18.3 Å². The van der Waals surface area contributed by atoms with Gasteiger partial charge in [0, 0.05) is 24.9 Å². The van der Waals surface area contributed by atoms with Gasteiger partial charge in [-0.1, -0.05) is 30.3 Å². The molecule has 2 N–H and O–H groups in total. The number of rotatable bonds is 11. The lowest BCUT2D eigenvalue weighted by Crippen LogP contribution is -2.47. The number of nitro benzene ring substituents is 1. The average Bonchev–Trinajstić information content (AvgIpc) is 3.42. The van der Waals surface area contributed by atoms with Crippen LogP contribution in [-0.2, 0) is 16.1 Å². The van der Waals surface area contributed by atoms with Crippen molar-refractivity contribution in [1.29, 1.82) is 5.26 Å². The quantitative estimate of drug-likeness (QED) is 0.271. The van der Waals surface area contributed by atoms with E-state index in [1.807, 2.05) is 36.4 Å². The van der Waals surface area contributed by atoms with Crippen molar-refractivity contribution in [3.05, 3.63) is 69.8 Å². The maximum atomic E-state index is 12.9. The van der Waals surface area contributed by atoms with Crippen molar-refractivity contribution in [3.8, 4) is 6.07 Å². The number of alkyl carbamates (subject to hydrolysis) is 1. The van der Waals surface area contributed by atoms with Crippen LogP contribution >= 0.6 is 11.8 Å². The molecule has 1 saturated heterocycles. The van der Waals surface area contributed by atoms with Crippen molar-refractivity contribution in [1.82, 2.24) is 10.2 Å². The maximum Gasteiger partial charge on any atom is 0.408 e. The molecule has 2 aromatic carbocycles. The van der Waals surface area contributed by atoms with E-state index in [0.717, 1.165) is 11.3 Å². The fraction of sp³-hybridized carbons (Fsp3) is 0.375. The Bertz CT molecular complexity index is 1070. The van der Waals surface area contributed by atoms with Crippen molar-refractivity contribution in [3.63, 3.8) is 0 Å². The number of carbonyl (C=O) groups is 2. The number of amides is 2. The Balaban J connectivity index is 1.51.